The molecule has 6 heteroatoms. The van der Waals surface area contributed by atoms with Gasteiger partial charge in [0.1, 0.15) is 12.7 Å². The van der Waals surface area contributed by atoms with Crippen LogP contribution < -0.4 is 9.80 Å². The molecular weight excluding hydrogens is 330 g/mol. The summed E-state index contributed by atoms with van der Waals surface area (Å²) in [5, 5.41) is 3.35. The van der Waals surface area contributed by atoms with Crippen molar-refractivity contribution in [2.24, 2.45) is 0 Å². The number of thiophene rings is 1. The Labute approximate surface area is 149 Å². The molecule has 0 N–H and O–H groups in total. The number of nitrogens with zero attached hydrogens (tertiary/aromatic N) is 5. The zero-order valence-electron chi connectivity index (χ0n) is 13.4. The van der Waals surface area contributed by atoms with Gasteiger partial charge in [0.15, 0.2) is 0 Å². The lowest BCUT2D eigenvalue weighted by Crippen LogP contribution is -2.32. The van der Waals surface area contributed by atoms with Crippen LogP contribution in [-0.2, 0) is 0 Å². The second-order valence-corrected chi connectivity index (χ2v) is 6.75. The van der Waals surface area contributed by atoms with Crippen molar-refractivity contribution in [3.05, 3.63) is 78.0 Å². The van der Waals surface area contributed by atoms with E-state index in [-0.39, 0.29) is 0 Å². The maximum Gasteiger partial charge on any atom is 0.237 e. The highest BCUT2D eigenvalue weighted by atomic mass is 32.1. The minimum absolute atomic E-state index is 0.646. The SMILES string of the molecule is C1=CC2=C(CC1)N(c1cccs1)c1ccccc1N2c1ncncn1. The third-order valence-corrected chi connectivity index (χ3v) is 5.25. The first-order valence-electron chi connectivity index (χ1n) is 8.18. The van der Waals surface area contributed by atoms with Crippen LogP contribution in [0.2, 0.25) is 0 Å². The van der Waals surface area contributed by atoms with Crippen LogP contribution in [0.15, 0.2) is 78.0 Å². The summed E-state index contributed by atoms with van der Waals surface area (Å²) in [6.07, 6.45) is 9.51. The summed E-state index contributed by atoms with van der Waals surface area (Å²) >= 11 is 1.75. The minimum Gasteiger partial charge on any atom is -0.301 e. The Hall–Kier alpha value is -2.99. The molecular formula is C19H15N5S. The van der Waals surface area contributed by atoms with Crippen LogP contribution in [0.3, 0.4) is 0 Å². The van der Waals surface area contributed by atoms with Crippen molar-refractivity contribution in [3.63, 3.8) is 0 Å². The molecule has 0 spiro atoms. The van der Waals surface area contributed by atoms with Crippen LogP contribution in [0.25, 0.3) is 0 Å². The predicted octanol–water partition coefficient (Wildman–Crippen LogP) is 4.78. The first-order valence-corrected chi connectivity index (χ1v) is 9.06. The monoisotopic (exact) mass is 345 g/mol. The van der Waals surface area contributed by atoms with Gasteiger partial charge in [0.2, 0.25) is 5.95 Å². The van der Waals surface area contributed by atoms with Crippen LogP contribution >= 0.6 is 11.3 Å². The molecule has 2 aliphatic rings. The van der Waals surface area contributed by atoms with E-state index in [1.165, 1.54) is 10.7 Å². The number of allylic oxidation sites excluding steroid dienone is 3. The third kappa shape index (κ3) is 2.26. The Morgan fingerprint density at radius 1 is 0.920 bits per heavy atom. The number of rotatable bonds is 2. The van der Waals surface area contributed by atoms with Crippen molar-refractivity contribution < 1.29 is 0 Å². The summed E-state index contributed by atoms with van der Waals surface area (Å²) in [5.74, 6) is 0.646. The van der Waals surface area contributed by atoms with E-state index in [2.05, 4.69) is 78.7 Å². The number of hydrogen-bond donors (Lipinski definition) is 0. The van der Waals surface area contributed by atoms with Crippen LogP contribution in [0.1, 0.15) is 12.8 Å². The molecule has 122 valence electrons. The fourth-order valence-corrected chi connectivity index (χ4v) is 4.17. The van der Waals surface area contributed by atoms with Crippen molar-refractivity contribution in [1.29, 1.82) is 0 Å². The van der Waals surface area contributed by atoms with Crippen LogP contribution in [0, 0.1) is 0 Å². The van der Waals surface area contributed by atoms with Gasteiger partial charge in [-0.05, 0) is 48.6 Å². The zero-order chi connectivity index (χ0) is 16.6. The van der Waals surface area contributed by atoms with Crippen molar-refractivity contribution in [1.82, 2.24) is 15.0 Å². The predicted molar refractivity (Wildman–Crippen MR) is 100 cm³/mol. The molecule has 2 aromatic heterocycles. The van der Waals surface area contributed by atoms with Gasteiger partial charge >= 0.3 is 0 Å². The molecule has 0 amide bonds. The van der Waals surface area contributed by atoms with Crippen molar-refractivity contribution >= 4 is 33.7 Å². The quantitative estimate of drug-likeness (QED) is 0.668. The molecule has 1 aliphatic heterocycles. The van der Waals surface area contributed by atoms with Crippen LogP contribution in [0.4, 0.5) is 22.3 Å². The van der Waals surface area contributed by atoms with Gasteiger partial charge in [0.25, 0.3) is 0 Å². The Morgan fingerprint density at radius 3 is 2.48 bits per heavy atom. The maximum atomic E-state index is 4.40. The highest BCUT2D eigenvalue weighted by molar-refractivity contribution is 7.14. The molecule has 25 heavy (non-hydrogen) atoms. The first-order chi connectivity index (χ1) is 12.4. The lowest BCUT2D eigenvalue weighted by molar-refractivity contribution is 0.857. The molecule has 5 nitrogen and oxygen atoms in total. The normalized spacial score (nSPS) is 16.0. The highest BCUT2D eigenvalue weighted by Crippen LogP contribution is 2.49. The van der Waals surface area contributed by atoms with E-state index >= 15 is 0 Å². The molecule has 3 heterocycles. The van der Waals surface area contributed by atoms with Crippen molar-refractivity contribution in [2.75, 3.05) is 9.80 Å². The first kappa shape index (κ1) is 14.4. The van der Waals surface area contributed by atoms with Gasteiger partial charge in [-0.15, -0.1) is 11.3 Å². The fourth-order valence-electron chi connectivity index (χ4n) is 3.40. The lowest BCUT2D eigenvalue weighted by Gasteiger charge is -2.40. The Bertz CT molecular complexity index is 962. The molecule has 5 rings (SSSR count). The topological polar surface area (TPSA) is 45.2 Å². The zero-order valence-corrected chi connectivity index (χ0v) is 14.2. The van der Waals surface area contributed by atoms with E-state index in [0.29, 0.717) is 5.95 Å². The summed E-state index contributed by atoms with van der Waals surface area (Å²) in [5.41, 5.74) is 4.64. The summed E-state index contributed by atoms with van der Waals surface area (Å²) in [7, 11) is 0. The van der Waals surface area contributed by atoms with E-state index in [4.69, 9.17) is 0 Å². The maximum absolute atomic E-state index is 4.40. The van der Waals surface area contributed by atoms with Gasteiger partial charge in [-0.2, -0.15) is 0 Å². The van der Waals surface area contributed by atoms with E-state index in [0.717, 1.165) is 29.9 Å². The molecule has 0 atom stereocenters. The van der Waals surface area contributed by atoms with Crippen LogP contribution in [-0.4, -0.2) is 15.0 Å². The van der Waals surface area contributed by atoms with Gasteiger partial charge in [-0.25, -0.2) is 15.0 Å². The summed E-state index contributed by atoms with van der Waals surface area (Å²) in [4.78, 5) is 17.3. The van der Waals surface area contributed by atoms with Gasteiger partial charge in [0.05, 0.1) is 22.1 Å². The molecule has 1 aromatic carbocycles. The smallest absolute Gasteiger partial charge is 0.237 e. The van der Waals surface area contributed by atoms with E-state index < -0.39 is 0 Å². The number of anilines is 4. The molecule has 0 unspecified atom stereocenters. The molecule has 1 aliphatic carbocycles. The Morgan fingerprint density at radius 2 is 1.72 bits per heavy atom. The van der Waals surface area contributed by atoms with Gasteiger partial charge in [0, 0.05) is 5.70 Å². The molecule has 0 bridgehead atoms. The van der Waals surface area contributed by atoms with E-state index in [1.807, 2.05) is 0 Å². The summed E-state index contributed by atoms with van der Waals surface area (Å²) in [6, 6.07) is 12.7. The van der Waals surface area contributed by atoms with Gasteiger partial charge < -0.3 is 4.90 Å². The number of hydrogen-bond acceptors (Lipinski definition) is 6. The minimum atomic E-state index is 0.646. The number of fused-ring (bicyclic) bond motifs is 1. The number of benzene rings is 1. The van der Waals surface area contributed by atoms with Crippen molar-refractivity contribution in [3.8, 4) is 0 Å². The largest absolute Gasteiger partial charge is 0.301 e. The van der Waals surface area contributed by atoms with Gasteiger partial charge in [-0.3, -0.25) is 4.90 Å². The van der Waals surface area contributed by atoms with E-state index in [1.54, 1.807) is 24.0 Å². The molecule has 0 fully saturated rings. The Balaban J connectivity index is 1.79. The summed E-state index contributed by atoms with van der Waals surface area (Å²) in [6.45, 7) is 0. The molecule has 3 aromatic rings. The fraction of sp³-hybridized carbons (Fsp3) is 0.105. The number of aromatic nitrogens is 3. The molecule has 0 radical (unpaired) electrons. The standard InChI is InChI=1S/C19H15N5S/c1-3-8-16-14(6-1)23(18-10-5-11-25-18)15-7-2-4-9-17(15)24(16)19-21-12-20-13-22-19/h1,3-6,8-13H,2,7H2. The average Bonchev–Trinajstić information content (AvgIpc) is 3.21. The second-order valence-electron chi connectivity index (χ2n) is 5.82. The Kier molecular flexibility index (Phi) is 3.34. The number of para-hydroxylation sites is 2. The molecule has 0 saturated carbocycles. The summed E-state index contributed by atoms with van der Waals surface area (Å²) < 4.78 is 0. The van der Waals surface area contributed by atoms with Gasteiger partial charge in [-0.1, -0.05) is 18.2 Å². The average molecular weight is 345 g/mol. The van der Waals surface area contributed by atoms with Crippen molar-refractivity contribution in [2.45, 2.75) is 12.8 Å². The van der Waals surface area contributed by atoms with Crippen LogP contribution in [0.5, 0.6) is 0 Å². The molecule has 0 saturated heterocycles. The lowest BCUT2D eigenvalue weighted by atomic mass is 10.0. The third-order valence-electron chi connectivity index (χ3n) is 4.40. The van der Waals surface area contributed by atoms with E-state index in [9.17, 15) is 0 Å². The second kappa shape index (κ2) is 5.82. The highest BCUT2D eigenvalue weighted by Gasteiger charge is 2.33.